The van der Waals surface area contributed by atoms with E-state index >= 15 is 0 Å². The van der Waals surface area contributed by atoms with E-state index < -0.39 is 0 Å². The molecular weight excluding hydrogens is 238 g/mol. The minimum Gasteiger partial charge on any atom is -0.324 e. The summed E-state index contributed by atoms with van der Waals surface area (Å²) in [5.41, 5.74) is 9.40. The zero-order valence-electron chi connectivity index (χ0n) is 10.8. The minimum absolute atomic E-state index is 0.0699. The quantitative estimate of drug-likeness (QED) is 0.896. The highest BCUT2D eigenvalue weighted by molar-refractivity contribution is 7.12. The van der Waals surface area contributed by atoms with Gasteiger partial charge in [-0.25, -0.2) is 0 Å². The molecule has 2 heteroatoms. The molecule has 94 valence electrons. The van der Waals surface area contributed by atoms with Gasteiger partial charge in [0.25, 0.3) is 0 Å². The van der Waals surface area contributed by atoms with Gasteiger partial charge in [0.1, 0.15) is 0 Å². The molecule has 0 bridgehead atoms. The summed E-state index contributed by atoms with van der Waals surface area (Å²) in [7, 11) is 0. The molecule has 0 aliphatic heterocycles. The number of aryl methyl sites for hydroxylation is 1. The first-order valence-corrected chi connectivity index (χ1v) is 7.43. The van der Waals surface area contributed by atoms with Crippen LogP contribution in [0.1, 0.15) is 27.8 Å². The smallest absolute Gasteiger partial charge is 0.0284 e. The number of thiophene rings is 1. The third kappa shape index (κ3) is 2.23. The number of fused-ring (bicyclic) bond motifs is 1. The summed E-state index contributed by atoms with van der Waals surface area (Å²) in [6, 6.07) is 13.2. The second-order valence-electron chi connectivity index (χ2n) is 5.38. The van der Waals surface area contributed by atoms with E-state index in [0.717, 1.165) is 25.7 Å². The molecule has 0 saturated heterocycles. The fraction of sp³-hybridized carbons (Fsp3) is 0.375. The molecule has 1 heterocycles. The predicted molar refractivity (Wildman–Crippen MR) is 78.2 cm³/mol. The maximum atomic E-state index is 6.60. The van der Waals surface area contributed by atoms with E-state index in [2.05, 4.69) is 43.3 Å². The van der Waals surface area contributed by atoms with Crippen LogP contribution >= 0.6 is 11.3 Å². The van der Waals surface area contributed by atoms with Gasteiger partial charge in [0.15, 0.2) is 0 Å². The Labute approximate surface area is 113 Å². The van der Waals surface area contributed by atoms with E-state index in [0.29, 0.717) is 0 Å². The van der Waals surface area contributed by atoms with E-state index in [9.17, 15) is 0 Å². The largest absolute Gasteiger partial charge is 0.324 e. The summed E-state index contributed by atoms with van der Waals surface area (Å²) in [5, 5.41) is 0. The average Bonchev–Trinajstić information content (AvgIpc) is 2.91. The zero-order chi connectivity index (χ0) is 12.6. The Morgan fingerprint density at radius 1 is 1.06 bits per heavy atom. The van der Waals surface area contributed by atoms with Crippen molar-refractivity contribution in [1.29, 1.82) is 0 Å². The van der Waals surface area contributed by atoms with Gasteiger partial charge in [-0.1, -0.05) is 31.2 Å². The second-order valence-corrected chi connectivity index (χ2v) is 6.64. The molecule has 1 aromatic heterocycles. The van der Waals surface area contributed by atoms with Gasteiger partial charge in [0.2, 0.25) is 0 Å². The molecule has 1 aromatic carbocycles. The monoisotopic (exact) mass is 257 g/mol. The summed E-state index contributed by atoms with van der Waals surface area (Å²) in [4.78, 5) is 2.89. The lowest BCUT2D eigenvalue weighted by Gasteiger charge is -2.22. The lowest BCUT2D eigenvalue weighted by Crippen LogP contribution is -2.42. The Balaban J connectivity index is 1.78. The minimum atomic E-state index is -0.0699. The maximum Gasteiger partial charge on any atom is 0.0284 e. The van der Waals surface area contributed by atoms with Crippen molar-refractivity contribution >= 4 is 11.3 Å². The molecule has 0 saturated carbocycles. The van der Waals surface area contributed by atoms with Gasteiger partial charge in [-0.2, -0.15) is 0 Å². The van der Waals surface area contributed by atoms with Crippen LogP contribution in [0.4, 0.5) is 0 Å². The van der Waals surface area contributed by atoms with Gasteiger partial charge in [0.05, 0.1) is 0 Å². The number of benzene rings is 1. The standard InChI is InChI=1S/C16H19NS/c1-2-14-7-8-15(18-14)11-16(17)9-12-5-3-4-6-13(12)10-16/h3-8H,2,9-11,17H2,1H3. The zero-order valence-corrected chi connectivity index (χ0v) is 11.6. The van der Waals surface area contributed by atoms with Gasteiger partial charge >= 0.3 is 0 Å². The molecule has 3 rings (SSSR count). The summed E-state index contributed by atoms with van der Waals surface area (Å²) in [5.74, 6) is 0. The molecule has 1 aliphatic carbocycles. The summed E-state index contributed by atoms with van der Waals surface area (Å²) < 4.78 is 0. The van der Waals surface area contributed by atoms with Crippen LogP contribution in [0.25, 0.3) is 0 Å². The molecule has 2 N–H and O–H groups in total. The number of hydrogen-bond acceptors (Lipinski definition) is 2. The summed E-state index contributed by atoms with van der Waals surface area (Å²) >= 11 is 1.92. The lowest BCUT2D eigenvalue weighted by atomic mass is 9.92. The third-order valence-electron chi connectivity index (χ3n) is 3.80. The highest BCUT2D eigenvalue weighted by Gasteiger charge is 2.33. The van der Waals surface area contributed by atoms with Gasteiger partial charge in [-0.3, -0.25) is 0 Å². The third-order valence-corrected chi connectivity index (χ3v) is 5.03. The lowest BCUT2D eigenvalue weighted by molar-refractivity contribution is 0.449. The molecular formula is C16H19NS. The van der Waals surface area contributed by atoms with E-state index in [1.807, 2.05) is 11.3 Å². The van der Waals surface area contributed by atoms with Crippen molar-refractivity contribution in [3.8, 4) is 0 Å². The molecule has 18 heavy (non-hydrogen) atoms. The Hall–Kier alpha value is -1.12. The molecule has 2 aromatic rings. The highest BCUT2D eigenvalue weighted by Crippen LogP contribution is 2.32. The first-order chi connectivity index (χ1) is 8.68. The first kappa shape index (κ1) is 11.9. The van der Waals surface area contributed by atoms with Crippen molar-refractivity contribution in [3.63, 3.8) is 0 Å². The number of nitrogens with two attached hydrogens (primary N) is 1. The van der Waals surface area contributed by atoms with Crippen molar-refractivity contribution in [2.75, 3.05) is 0 Å². The Morgan fingerprint density at radius 3 is 2.22 bits per heavy atom. The van der Waals surface area contributed by atoms with Crippen molar-refractivity contribution < 1.29 is 0 Å². The van der Waals surface area contributed by atoms with E-state index in [1.54, 1.807) is 0 Å². The van der Waals surface area contributed by atoms with Crippen LogP contribution in [0, 0.1) is 0 Å². The fourth-order valence-corrected chi connectivity index (χ4v) is 4.02. The van der Waals surface area contributed by atoms with Crippen molar-refractivity contribution in [1.82, 2.24) is 0 Å². The summed E-state index contributed by atoms with van der Waals surface area (Å²) in [6.07, 6.45) is 4.17. The molecule has 0 radical (unpaired) electrons. The number of rotatable bonds is 3. The molecule has 0 atom stereocenters. The normalized spacial score (nSPS) is 16.8. The fourth-order valence-electron chi connectivity index (χ4n) is 2.90. The van der Waals surface area contributed by atoms with E-state index in [-0.39, 0.29) is 5.54 Å². The molecule has 1 aliphatic rings. The van der Waals surface area contributed by atoms with Crippen LogP contribution < -0.4 is 5.73 Å². The number of hydrogen-bond donors (Lipinski definition) is 1. The van der Waals surface area contributed by atoms with Gasteiger partial charge < -0.3 is 5.73 Å². The molecule has 0 fully saturated rings. The van der Waals surface area contributed by atoms with Gasteiger partial charge in [-0.05, 0) is 42.5 Å². The molecule has 0 spiro atoms. The molecule has 0 unspecified atom stereocenters. The highest BCUT2D eigenvalue weighted by atomic mass is 32.1. The first-order valence-electron chi connectivity index (χ1n) is 6.62. The summed E-state index contributed by atoms with van der Waals surface area (Å²) in [6.45, 7) is 2.21. The van der Waals surface area contributed by atoms with Crippen LogP contribution in [-0.2, 0) is 25.7 Å². The average molecular weight is 257 g/mol. The predicted octanol–water partition coefficient (Wildman–Crippen LogP) is 3.35. The van der Waals surface area contributed by atoms with E-state index in [4.69, 9.17) is 5.73 Å². The van der Waals surface area contributed by atoms with Crippen LogP contribution in [0.2, 0.25) is 0 Å². The van der Waals surface area contributed by atoms with Gasteiger partial charge in [0, 0.05) is 21.7 Å². The topological polar surface area (TPSA) is 26.0 Å². The van der Waals surface area contributed by atoms with Crippen LogP contribution in [-0.4, -0.2) is 5.54 Å². The van der Waals surface area contributed by atoms with Crippen LogP contribution in [0.3, 0.4) is 0 Å². The maximum absolute atomic E-state index is 6.60. The van der Waals surface area contributed by atoms with Crippen LogP contribution in [0.15, 0.2) is 36.4 Å². The Kier molecular flexibility index (Phi) is 3.00. The van der Waals surface area contributed by atoms with Gasteiger partial charge in [-0.15, -0.1) is 11.3 Å². The Bertz CT molecular complexity index is 531. The van der Waals surface area contributed by atoms with Crippen LogP contribution in [0.5, 0.6) is 0 Å². The van der Waals surface area contributed by atoms with Crippen molar-refractivity contribution in [2.45, 2.75) is 38.1 Å². The van der Waals surface area contributed by atoms with Crippen molar-refractivity contribution in [2.24, 2.45) is 5.73 Å². The second kappa shape index (κ2) is 4.52. The van der Waals surface area contributed by atoms with E-state index in [1.165, 1.54) is 20.9 Å². The molecule has 1 nitrogen and oxygen atoms in total. The SMILES string of the molecule is CCc1ccc(CC2(N)Cc3ccccc3C2)s1. The van der Waals surface area contributed by atoms with Crippen molar-refractivity contribution in [3.05, 3.63) is 57.3 Å². The molecule has 0 amide bonds. The Morgan fingerprint density at radius 2 is 1.67 bits per heavy atom.